The Bertz CT molecular complexity index is 633. The van der Waals surface area contributed by atoms with Gasteiger partial charge in [-0.15, -0.1) is 11.3 Å². The monoisotopic (exact) mass is 314 g/mol. The van der Waals surface area contributed by atoms with Crippen LogP contribution in [0.1, 0.15) is 22.8 Å². The number of likely N-dealkylation sites (tertiary alicyclic amines) is 2. The highest BCUT2D eigenvalue weighted by Crippen LogP contribution is 2.40. The van der Waals surface area contributed by atoms with Crippen molar-refractivity contribution in [1.29, 1.82) is 0 Å². The lowest BCUT2D eigenvalue weighted by molar-refractivity contribution is 0.000698. The number of aryl methyl sites for hydroxylation is 1. The largest absolute Gasteiger partial charge is 0.297 e. The average molecular weight is 314 g/mol. The molecule has 116 valence electrons. The molecule has 0 atom stereocenters. The first kappa shape index (κ1) is 14.3. The maximum absolute atomic E-state index is 4.59. The van der Waals surface area contributed by atoms with Gasteiger partial charge >= 0.3 is 0 Å². The van der Waals surface area contributed by atoms with E-state index in [1.165, 1.54) is 49.0 Å². The highest BCUT2D eigenvalue weighted by Gasteiger charge is 2.47. The van der Waals surface area contributed by atoms with Crippen molar-refractivity contribution in [2.45, 2.75) is 26.4 Å². The van der Waals surface area contributed by atoms with Crippen molar-refractivity contribution in [1.82, 2.24) is 19.8 Å². The van der Waals surface area contributed by atoms with E-state index in [-0.39, 0.29) is 0 Å². The number of hydrogen-bond donors (Lipinski definition) is 0. The normalized spacial score (nSPS) is 21.3. The molecule has 0 N–H and O–H groups in total. The van der Waals surface area contributed by atoms with Gasteiger partial charge in [-0.3, -0.25) is 14.8 Å². The summed E-state index contributed by atoms with van der Waals surface area (Å²) in [5, 5.41) is 3.38. The van der Waals surface area contributed by atoms with E-state index < -0.39 is 0 Å². The quantitative estimate of drug-likeness (QED) is 0.868. The molecule has 2 aromatic rings. The fourth-order valence-electron chi connectivity index (χ4n) is 3.87. The standard InChI is InChI=1S/C17H22N4S/c1-14-19-16(10-22-14)9-20-7-5-17(11-20)12-21(13-17)8-15-4-2-3-6-18-15/h2-4,6,10H,5,7-9,11-13H2,1H3. The van der Waals surface area contributed by atoms with Crippen LogP contribution >= 0.6 is 11.3 Å². The van der Waals surface area contributed by atoms with Gasteiger partial charge in [-0.1, -0.05) is 6.07 Å². The Morgan fingerprint density at radius 2 is 1.95 bits per heavy atom. The minimum atomic E-state index is 0.528. The lowest BCUT2D eigenvalue weighted by atomic mass is 9.79. The summed E-state index contributed by atoms with van der Waals surface area (Å²) in [5.41, 5.74) is 2.95. The SMILES string of the molecule is Cc1nc(CN2CCC3(C2)CN(Cc2ccccn2)C3)cs1. The van der Waals surface area contributed by atoms with E-state index >= 15 is 0 Å². The molecule has 5 heteroatoms. The number of thiazole rings is 1. The Kier molecular flexibility index (Phi) is 3.72. The maximum atomic E-state index is 4.59. The molecule has 4 nitrogen and oxygen atoms in total. The van der Waals surface area contributed by atoms with Crippen molar-refractivity contribution in [3.63, 3.8) is 0 Å². The molecule has 2 saturated heterocycles. The minimum Gasteiger partial charge on any atom is -0.297 e. The fraction of sp³-hybridized carbons (Fsp3) is 0.529. The van der Waals surface area contributed by atoms with Crippen LogP contribution in [0.3, 0.4) is 0 Å². The van der Waals surface area contributed by atoms with Gasteiger partial charge in [0.2, 0.25) is 0 Å². The van der Waals surface area contributed by atoms with Crippen LogP contribution < -0.4 is 0 Å². The van der Waals surface area contributed by atoms with Gasteiger partial charge in [0.1, 0.15) is 0 Å². The molecule has 0 aromatic carbocycles. The van der Waals surface area contributed by atoms with E-state index in [0.717, 1.165) is 13.1 Å². The van der Waals surface area contributed by atoms with Gasteiger partial charge in [-0.25, -0.2) is 4.98 Å². The lowest BCUT2D eigenvalue weighted by Gasteiger charge is -2.48. The van der Waals surface area contributed by atoms with Crippen LogP contribution in [0.25, 0.3) is 0 Å². The molecule has 1 spiro atoms. The van der Waals surface area contributed by atoms with Gasteiger partial charge in [0.25, 0.3) is 0 Å². The summed E-state index contributed by atoms with van der Waals surface area (Å²) in [5.74, 6) is 0. The molecule has 0 amide bonds. The van der Waals surface area contributed by atoms with E-state index in [4.69, 9.17) is 0 Å². The highest BCUT2D eigenvalue weighted by atomic mass is 32.1. The zero-order valence-corrected chi connectivity index (χ0v) is 13.9. The summed E-state index contributed by atoms with van der Waals surface area (Å²) in [6.07, 6.45) is 3.22. The average Bonchev–Trinajstić information content (AvgIpc) is 3.07. The fourth-order valence-corrected chi connectivity index (χ4v) is 4.47. The first-order chi connectivity index (χ1) is 10.7. The van der Waals surface area contributed by atoms with Gasteiger partial charge in [0.05, 0.1) is 16.4 Å². The van der Waals surface area contributed by atoms with Crippen LogP contribution in [0.4, 0.5) is 0 Å². The molecule has 4 heterocycles. The Balaban J connectivity index is 1.29. The van der Waals surface area contributed by atoms with Crippen molar-refractivity contribution >= 4 is 11.3 Å². The van der Waals surface area contributed by atoms with Gasteiger partial charge in [0, 0.05) is 49.7 Å². The lowest BCUT2D eigenvalue weighted by Crippen LogP contribution is -2.56. The molecule has 0 unspecified atom stereocenters. The third-order valence-electron chi connectivity index (χ3n) is 4.80. The Morgan fingerprint density at radius 1 is 1.14 bits per heavy atom. The Hall–Kier alpha value is -1.30. The van der Waals surface area contributed by atoms with Crippen LogP contribution in [0, 0.1) is 12.3 Å². The van der Waals surface area contributed by atoms with Crippen LogP contribution in [0.5, 0.6) is 0 Å². The molecule has 2 fully saturated rings. The van der Waals surface area contributed by atoms with Crippen LogP contribution in [0.2, 0.25) is 0 Å². The van der Waals surface area contributed by atoms with Crippen molar-refractivity contribution in [3.8, 4) is 0 Å². The van der Waals surface area contributed by atoms with Gasteiger partial charge in [-0.05, 0) is 32.0 Å². The molecule has 0 saturated carbocycles. The second kappa shape index (κ2) is 5.72. The summed E-state index contributed by atoms with van der Waals surface area (Å²) >= 11 is 1.76. The van der Waals surface area contributed by atoms with Crippen molar-refractivity contribution in [2.75, 3.05) is 26.2 Å². The number of pyridine rings is 1. The first-order valence-electron chi connectivity index (χ1n) is 7.96. The molecular formula is C17H22N4S. The van der Waals surface area contributed by atoms with Crippen LogP contribution in [0.15, 0.2) is 29.8 Å². The second-order valence-corrected chi connectivity index (χ2v) is 7.85. The Labute approximate surface area is 135 Å². The maximum Gasteiger partial charge on any atom is 0.0897 e. The highest BCUT2D eigenvalue weighted by molar-refractivity contribution is 7.09. The summed E-state index contributed by atoms with van der Waals surface area (Å²) in [4.78, 5) is 14.1. The molecule has 0 aliphatic carbocycles. The van der Waals surface area contributed by atoms with Gasteiger partial charge in [0.15, 0.2) is 0 Å². The van der Waals surface area contributed by atoms with E-state index in [2.05, 4.69) is 44.2 Å². The van der Waals surface area contributed by atoms with Crippen LogP contribution in [-0.2, 0) is 13.1 Å². The second-order valence-electron chi connectivity index (χ2n) is 6.78. The molecule has 0 bridgehead atoms. The first-order valence-corrected chi connectivity index (χ1v) is 8.84. The smallest absolute Gasteiger partial charge is 0.0897 e. The van der Waals surface area contributed by atoms with Crippen LogP contribution in [-0.4, -0.2) is 45.9 Å². The number of rotatable bonds is 4. The molecule has 4 rings (SSSR count). The van der Waals surface area contributed by atoms with E-state index in [1.807, 2.05) is 12.3 Å². The summed E-state index contributed by atoms with van der Waals surface area (Å²) in [6.45, 7) is 8.98. The van der Waals surface area contributed by atoms with Gasteiger partial charge in [-0.2, -0.15) is 0 Å². The zero-order valence-electron chi connectivity index (χ0n) is 13.0. The molecule has 2 aromatic heterocycles. The van der Waals surface area contributed by atoms with E-state index in [1.54, 1.807) is 11.3 Å². The summed E-state index contributed by atoms with van der Waals surface area (Å²) in [7, 11) is 0. The van der Waals surface area contributed by atoms with Crippen molar-refractivity contribution in [2.24, 2.45) is 5.41 Å². The third-order valence-corrected chi connectivity index (χ3v) is 5.62. The number of aromatic nitrogens is 2. The molecule has 2 aliphatic heterocycles. The summed E-state index contributed by atoms with van der Waals surface area (Å²) in [6, 6.07) is 6.18. The van der Waals surface area contributed by atoms with Crippen molar-refractivity contribution < 1.29 is 0 Å². The predicted molar refractivity (Wildman–Crippen MR) is 88.7 cm³/mol. The van der Waals surface area contributed by atoms with Crippen molar-refractivity contribution in [3.05, 3.63) is 46.2 Å². The molecule has 2 aliphatic rings. The zero-order chi connectivity index (χ0) is 15.0. The molecule has 22 heavy (non-hydrogen) atoms. The third kappa shape index (κ3) is 2.93. The number of nitrogens with zero attached hydrogens (tertiary/aromatic N) is 4. The molecular weight excluding hydrogens is 292 g/mol. The summed E-state index contributed by atoms with van der Waals surface area (Å²) < 4.78 is 0. The Morgan fingerprint density at radius 3 is 2.68 bits per heavy atom. The predicted octanol–water partition coefficient (Wildman–Crippen LogP) is 2.55. The van der Waals surface area contributed by atoms with E-state index in [9.17, 15) is 0 Å². The topological polar surface area (TPSA) is 32.3 Å². The number of hydrogen-bond acceptors (Lipinski definition) is 5. The molecule has 0 radical (unpaired) electrons. The van der Waals surface area contributed by atoms with E-state index in [0.29, 0.717) is 5.41 Å². The minimum absolute atomic E-state index is 0.528. The van der Waals surface area contributed by atoms with Gasteiger partial charge < -0.3 is 0 Å².